The number of nitrogens with one attached hydrogen (secondary N) is 1. The smallest absolute Gasteiger partial charge is 0.133 e. The van der Waals surface area contributed by atoms with Crippen molar-refractivity contribution in [2.24, 2.45) is 5.92 Å². The van der Waals surface area contributed by atoms with E-state index in [0.717, 1.165) is 11.5 Å². The van der Waals surface area contributed by atoms with Crippen LogP contribution in [0.5, 0.6) is 5.75 Å². The molecule has 3 unspecified atom stereocenters. The van der Waals surface area contributed by atoms with Gasteiger partial charge in [-0.05, 0) is 31.5 Å². The minimum Gasteiger partial charge on any atom is -0.487 e. The van der Waals surface area contributed by atoms with E-state index in [1.54, 1.807) is 0 Å². The molecule has 0 fully saturated rings. The van der Waals surface area contributed by atoms with E-state index < -0.39 is 0 Å². The first-order valence-electron chi connectivity index (χ1n) is 6.82. The highest BCUT2D eigenvalue weighted by Gasteiger charge is 2.30. The maximum atomic E-state index is 6.17. The van der Waals surface area contributed by atoms with Gasteiger partial charge in [-0.1, -0.05) is 32.4 Å². The predicted octanol–water partition coefficient (Wildman–Crippen LogP) is 3.56. The highest BCUT2D eigenvalue weighted by atomic mass is 32.2. The van der Waals surface area contributed by atoms with Gasteiger partial charge < -0.3 is 10.1 Å². The highest BCUT2D eigenvalue weighted by molar-refractivity contribution is 7.99. The molecule has 1 aromatic rings. The molecule has 1 aromatic carbocycles. The third-order valence-electron chi connectivity index (χ3n) is 3.62. The predicted molar refractivity (Wildman–Crippen MR) is 78.5 cm³/mol. The summed E-state index contributed by atoms with van der Waals surface area (Å²) in [6.07, 6.45) is 2.75. The monoisotopic (exact) mass is 265 g/mol. The minimum atomic E-state index is 0.274. The normalized spacial score (nSPS) is 21.8. The average Bonchev–Trinajstić information content (AvgIpc) is 2.40. The maximum absolute atomic E-state index is 6.17. The fourth-order valence-electron chi connectivity index (χ4n) is 2.68. The van der Waals surface area contributed by atoms with Gasteiger partial charge in [0.2, 0.25) is 0 Å². The third kappa shape index (κ3) is 3.01. The number of thioether (sulfide) groups is 1. The van der Waals surface area contributed by atoms with Crippen molar-refractivity contribution in [2.45, 2.75) is 43.7 Å². The van der Waals surface area contributed by atoms with E-state index in [2.05, 4.69) is 37.4 Å². The lowest BCUT2D eigenvalue weighted by atomic mass is 9.93. The van der Waals surface area contributed by atoms with Crippen LogP contribution in [0.2, 0.25) is 0 Å². The first-order chi connectivity index (χ1) is 8.76. The Morgan fingerprint density at radius 1 is 1.44 bits per heavy atom. The van der Waals surface area contributed by atoms with Crippen LogP contribution >= 0.6 is 11.8 Å². The van der Waals surface area contributed by atoms with Crippen molar-refractivity contribution < 1.29 is 4.74 Å². The van der Waals surface area contributed by atoms with Gasteiger partial charge in [-0.2, -0.15) is 0 Å². The molecular formula is C15H23NOS. The molecule has 0 spiro atoms. The van der Waals surface area contributed by atoms with Crippen LogP contribution in [0.4, 0.5) is 0 Å². The molecule has 1 aliphatic heterocycles. The summed E-state index contributed by atoms with van der Waals surface area (Å²) >= 11 is 1.91. The molecule has 0 aliphatic carbocycles. The van der Waals surface area contributed by atoms with E-state index in [4.69, 9.17) is 4.74 Å². The standard InChI is InChI=1S/C15H23NOS/c1-4-7-11(2)15(16-3)13-10-18-14-9-6-5-8-12(14)17-13/h5-6,8-9,11,13,15-16H,4,7,10H2,1-3H3. The van der Waals surface area contributed by atoms with Crippen LogP contribution in [0.25, 0.3) is 0 Å². The third-order valence-corrected chi connectivity index (χ3v) is 4.77. The molecule has 0 saturated heterocycles. The summed E-state index contributed by atoms with van der Waals surface area (Å²) in [5.74, 6) is 2.73. The summed E-state index contributed by atoms with van der Waals surface area (Å²) in [6.45, 7) is 4.56. The van der Waals surface area contributed by atoms with Crippen molar-refractivity contribution in [2.75, 3.05) is 12.8 Å². The molecule has 1 heterocycles. The van der Waals surface area contributed by atoms with E-state index >= 15 is 0 Å². The van der Waals surface area contributed by atoms with E-state index in [-0.39, 0.29) is 6.10 Å². The molecule has 2 rings (SSSR count). The summed E-state index contributed by atoms with van der Waals surface area (Å²) in [5.41, 5.74) is 0. The summed E-state index contributed by atoms with van der Waals surface area (Å²) in [4.78, 5) is 1.27. The van der Waals surface area contributed by atoms with Crippen LogP contribution in [0.1, 0.15) is 26.7 Å². The van der Waals surface area contributed by atoms with Crippen molar-refractivity contribution in [1.29, 1.82) is 0 Å². The molecule has 0 bridgehead atoms. The first-order valence-corrected chi connectivity index (χ1v) is 7.80. The molecule has 0 saturated carbocycles. The van der Waals surface area contributed by atoms with Crippen molar-refractivity contribution in [3.8, 4) is 5.75 Å². The van der Waals surface area contributed by atoms with Crippen molar-refractivity contribution in [3.05, 3.63) is 24.3 Å². The van der Waals surface area contributed by atoms with Crippen LogP contribution in [0.3, 0.4) is 0 Å². The molecule has 100 valence electrons. The Morgan fingerprint density at radius 2 is 2.22 bits per heavy atom. The van der Waals surface area contributed by atoms with Crippen LogP contribution in [-0.4, -0.2) is 24.9 Å². The van der Waals surface area contributed by atoms with E-state index in [1.165, 1.54) is 17.7 Å². The fraction of sp³-hybridized carbons (Fsp3) is 0.600. The van der Waals surface area contributed by atoms with Crippen molar-refractivity contribution in [3.63, 3.8) is 0 Å². The highest BCUT2D eigenvalue weighted by Crippen LogP contribution is 2.36. The van der Waals surface area contributed by atoms with Crippen molar-refractivity contribution >= 4 is 11.8 Å². The Bertz CT molecular complexity index is 383. The van der Waals surface area contributed by atoms with Gasteiger partial charge in [-0.3, -0.25) is 0 Å². The van der Waals surface area contributed by atoms with E-state index in [9.17, 15) is 0 Å². The number of likely N-dealkylation sites (N-methyl/N-ethyl adjacent to an activating group) is 1. The SMILES string of the molecule is CCCC(C)C(NC)C1CSc2ccccc2O1. The average molecular weight is 265 g/mol. The molecule has 0 radical (unpaired) electrons. The number of ether oxygens (including phenoxy) is 1. The molecule has 0 aromatic heterocycles. The van der Waals surface area contributed by atoms with Gasteiger partial charge >= 0.3 is 0 Å². The molecule has 2 nitrogen and oxygen atoms in total. The minimum absolute atomic E-state index is 0.274. The van der Waals surface area contributed by atoms with Gasteiger partial charge in [0.05, 0.1) is 0 Å². The quantitative estimate of drug-likeness (QED) is 0.879. The molecular weight excluding hydrogens is 242 g/mol. The van der Waals surface area contributed by atoms with Gasteiger partial charge in [-0.25, -0.2) is 0 Å². The molecule has 0 amide bonds. The van der Waals surface area contributed by atoms with Gasteiger partial charge in [0.15, 0.2) is 0 Å². The zero-order valence-electron chi connectivity index (χ0n) is 11.5. The zero-order chi connectivity index (χ0) is 13.0. The number of benzene rings is 1. The Balaban J connectivity index is 2.06. The second-order valence-corrected chi connectivity index (χ2v) is 6.06. The number of hydrogen-bond donors (Lipinski definition) is 1. The second-order valence-electron chi connectivity index (χ2n) is 4.99. The molecule has 1 aliphatic rings. The van der Waals surface area contributed by atoms with Gasteiger partial charge in [0, 0.05) is 16.7 Å². The Labute approximate surface area is 114 Å². The lowest BCUT2D eigenvalue weighted by Gasteiger charge is -2.35. The number of hydrogen-bond acceptors (Lipinski definition) is 3. The van der Waals surface area contributed by atoms with E-state index in [0.29, 0.717) is 12.0 Å². The van der Waals surface area contributed by atoms with Gasteiger partial charge in [0.1, 0.15) is 11.9 Å². The molecule has 3 atom stereocenters. The Kier molecular flexibility index (Phi) is 4.95. The molecule has 3 heteroatoms. The van der Waals surface area contributed by atoms with Crippen LogP contribution in [-0.2, 0) is 0 Å². The molecule has 1 N–H and O–H groups in total. The lowest BCUT2D eigenvalue weighted by Crippen LogP contribution is -2.48. The first kappa shape index (κ1) is 13.8. The summed E-state index contributed by atoms with van der Waals surface area (Å²) in [7, 11) is 2.05. The second kappa shape index (κ2) is 6.48. The number of rotatable bonds is 5. The molecule has 18 heavy (non-hydrogen) atoms. The Hall–Kier alpha value is -0.670. The summed E-state index contributed by atoms with van der Waals surface area (Å²) in [5, 5.41) is 3.45. The summed E-state index contributed by atoms with van der Waals surface area (Å²) < 4.78 is 6.17. The fourth-order valence-corrected chi connectivity index (χ4v) is 3.74. The summed E-state index contributed by atoms with van der Waals surface area (Å²) in [6, 6.07) is 8.77. The van der Waals surface area contributed by atoms with Crippen LogP contribution in [0, 0.1) is 5.92 Å². The largest absolute Gasteiger partial charge is 0.487 e. The van der Waals surface area contributed by atoms with Crippen LogP contribution < -0.4 is 10.1 Å². The zero-order valence-corrected chi connectivity index (χ0v) is 12.3. The van der Waals surface area contributed by atoms with Crippen molar-refractivity contribution in [1.82, 2.24) is 5.32 Å². The topological polar surface area (TPSA) is 21.3 Å². The van der Waals surface area contributed by atoms with E-state index in [1.807, 2.05) is 24.9 Å². The van der Waals surface area contributed by atoms with Gasteiger partial charge in [0.25, 0.3) is 0 Å². The number of para-hydroxylation sites is 1. The number of fused-ring (bicyclic) bond motifs is 1. The van der Waals surface area contributed by atoms with Gasteiger partial charge in [-0.15, -0.1) is 11.8 Å². The van der Waals surface area contributed by atoms with Crippen LogP contribution in [0.15, 0.2) is 29.2 Å². The Morgan fingerprint density at radius 3 is 2.94 bits per heavy atom. The lowest BCUT2D eigenvalue weighted by molar-refractivity contribution is 0.137. The maximum Gasteiger partial charge on any atom is 0.133 e.